The molecule has 1 atom stereocenters. The first-order valence-electron chi connectivity index (χ1n) is 11.6. The highest BCUT2D eigenvalue weighted by molar-refractivity contribution is 5.89. The molecule has 2 aliphatic heterocycles. The Balaban J connectivity index is 1.26. The molecule has 3 fully saturated rings. The Kier molecular flexibility index (Phi) is 7.00. The Bertz CT molecular complexity index is 785. The number of carbonyl (C=O) groups is 2. The molecule has 0 aromatic heterocycles. The maximum Gasteiger partial charge on any atom is 0.228 e. The molecule has 170 valence electrons. The molecule has 0 N–H and O–H groups in total. The molecule has 2 amide bonds. The van der Waals surface area contributed by atoms with Crippen LogP contribution in [0.5, 0.6) is 11.5 Å². The minimum absolute atomic E-state index is 0.0865. The molecule has 2 heterocycles. The summed E-state index contributed by atoms with van der Waals surface area (Å²) in [7, 11) is 3.24. The minimum atomic E-state index is -0.198. The van der Waals surface area contributed by atoms with Crippen molar-refractivity contribution >= 4 is 11.8 Å². The molecule has 1 aliphatic carbocycles. The van der Waals surface area contributed by atoms with Crippen LogP contribution in [0, 0.1) is 5.92 Å². The lowest BCUT2D eigenvalue weighted by atomic mass is 10.1. The molecule has 1 aromatic rings. The van der Waals surface area contributed by atoms with Crippen LogP contribution in [0.2, 0.25) is 0 Å². The summed E-state index contributed by atoms with van der Waals surface area (Å²) in [6.07, 6.45) is 6.36. The van der Waals surface area contributed by atoms with E-state index >= 15 is 0 Å². The summed E-state index contributed by atoms with van der Waals surface area (Å²) in [5.41, 5.74) is 1.09. The van der Waals surface area contributed by atoms with Gasteiger partial charge in [-0.05, 0) is 37.0 Å². The fraction of sp³-hybridized carbons (Fsp3) is 0.667. The van der Waals surface area contributed by atoms with Gasteiger partial charge in [-0.25, -0.2) is 0 Å². The zero-order valence-corrected chi connectivity index (χ0v) is 18.8. The summed E-state index contributed by atoms with van der Waals surface area (Å²) in [6, 6.07) is 6.55. The fourth-order valence-electron chi connectivity index (χ4n) is 5.29. The van der Waals surface area contributed by atoms with E-state index in [9.17, 15) is 9.59 Å². The number of hydrogen-bond donors (Lipinski definition) is 0. The average molecular weight is 430 g/mol. The first-order valence-corrected chi connectivity index (χ1v) is 11.6. The van der Waals surface area contributed by atoms with Gasteiger partial charge in [-0.3, -0.25) is 14.5 Å². The lowest BCUT2D eigenvalue weighted by Gasteiger charge is -2.38. The number of ether oxygens (including phenoxy) is 2. The van der Waals surface area contributed by atoms with E-state index in [2.05, 4.69) is 4.90 Å². The number of rotatable bonds is 7. The van der Waals surface area contributed by atoms with E-state index in [-0.39, 0.29) is 17.7 Å². The van der Waals surface area contributed by atoms with Crippen molar-refractivity contribution in [1.29, 1.82) is 0 Å². The average Bonchev–Trinajstić information content (AvgIpc) is 3.47. The SMILES string of the molecule is COc1ccc(CCN2C[C@H](C(=O)N3CCN(C4CCCC4)CC3)CC2=O)cc1OC. The summed E-state index contributed by atoms with van der Waals surface area (Å²) >= 11 is 0. The number of nitrogens with zero attached hydrogens (tertiary/aromatic N) is 3. The van der Waals surface area contributed by atoms with Crippen LogP contribution in [0.1, 0.15) is 37.7 Å². The van der Waals surface area contributed by atoms with Crippen LogP contribution < -0.4 is 9.47 Å². The van der Waals surface area contributed by atoms with Crippen molar-refractivity contribution in [3.05, 3.63) is 23.8 Å². The zero-order chi connectivity index (χ0) is 21.8. The Morgan fingerprint density at radius 3 is 2.42 bits per heavy atom. The van der Waals surface area contributed by atoms with E-state index < -0.39 is 0 Å². The molecule has 0 bridgehead atoms. The number of hydrogen-bond acceptors (Lipinski definition) is 5. The smallest absolute Gasteiger partial charge is 0.228 e. The molecule has 3 aliphatic rings. The van der Waals surface area contributed by atoms with Gasteiger partial charge in [0.1, 0.15) is 0 Å². The predicted octanol–water partition coefficient (Wildman–Crippen LogP) is 2.18. The fourth-order valence-corrected chi connectivity index (χ4v) is 5.29. The van der Waals surface area contributed by atoms with Crippen molar-refractivity contribution < 1.29 is 19.1 Å². The highest BCUT2D eigenvalue weighted by Crippen LogP contribution is 2.29. The quantitative estimate of drug-likeness (QED) is 0.665. The number of likely N-dealkylation sites (tertiary alicyclic amines) is 1. The molecule has 31 heavy (non-hydrogen) atoms. The second-order valence-electron chi connectivity index (χ2n) is 8.98. The van der Waals surface area contributed by atoms with Gasteiger partial charge in [0, 0.05) is 51.7 Å². The Morgan fingerprint density at radius 2 is 1.74 bits per heavy atom. The van der Waals surface area contributed by atoms with Crippen LogP contribution >= 0.6 is 0 Å². The molecule has 0 radical (unpaired) electrons. The number of carbonyl (C=O) groups excluding carboxylic acids is 2. The lowest BCUT2D eigenvalue weighted by Crippen LogP contribution is -2.52. The molecule has 2 saturated heterocycles. The molecular formula is C24H35N3O4. The van der Waals surface area contributed by atoms with Crippen molar-refractivity contribution in [2.24, 2.45) is 5.92 Å². The highest BCUT2D eigenvalue weighted by Gasteiger charge is 2.37. The number of methoxy groups -OCH3 is 2. The lowest BCUT2D eigenvalue weighted by molar-refractivity contribution is -0.137. The van der Waals surface area contributed by atoms with Crippen LogP contribution in [0.25, 0.3) is 0 Å². The summed E-state index contributed by atoms with van der Waals surface area (Å²) in [4.78, 5) is 32.0. The third-order valence-electron chi connectivity index (χ3n) is 7.15. The number of piperazine rings is 1. The maximum atomic E-state index is 13.0. The van der Waals surface area contributed by atoms with Crippen molar-refractivity contribution in [3.63, 3.8) is 0 Å². The van der Waals surface area contributed by atoms with Gasteiger partial charge >= 0.3 is 0 Å². The first kappa shape index (κ1) is 21.9. The molecule has 4 rings (SSSR count). The summed E-state index contributed by atoms with van der Waals surface area (Å²) in [6.45, 7) is 4.69. The van der Waals surface area contributed by atoms with Crippen LogP contribution in [0.15, 0.2) is 18.2 Å². The summed E-state index contributed by atoms with van der Waals surface area (Å²) < 4.78 is 10.7. The standard InChI is InChI=1S/C24H35N3O4/c1-30-21-8-7-18(15-22(21)31-2)9-10-27-17-19(16-23(27)28)24(29)26-13-11-25(12-14-26)20-5-3-4-6-20/h7-8,15,19-20H,3-6,9-14,16-17H2,1-2H3/t19-/m1/s1. The molecule has 7 nitrogen and oxygen atoms in total. The van der Waals surface area contributed by atoms with Gasteiger partial charge in [0.15, 0.2) is 11.5 Å². The van der Waals surface area contributed by atoms with E-state index in [4.69, 9.17) is 9.47 Å². The maximum absolute atomic E-state index is 13.0. The third-order valence-corrected chi connectivity index (χ3v) is 7.15. The van der Waals surface area contributed by atoms with E-state index in [1.54, 1.807) is 14.2 Å². The van der Waals surface area contributed by atoms with E-state index in [1.807, 2.05) is 28.0 Å². The van der Waals surface area contributed by atoms with Crippen molar-refractivity contribution in [3.8, 4) is 11.5 Å². The molecule has 0 spiro atoms. The highest BCUT2D eigenvalue weighted by atomic mass is 16.5. The first-order chi connectivity index (χ1) is 15.1. The van der Waals surface area contributed by atoms with E-state index in [0.717, 1.165) is 44.2 Å². The Morgan fingerprint density at radius 1 is 1.03 bits per heavy atom. The monoisotopic (exact) mass is 429 g/mol. The number of amides is 2. The molecule has 1 aromatic carbocycles. The predicted molar refractivity (Wildman–Crippen MR) is 118 cm³/mol. The van der Waals surface area contributed by atoms with Crippen LogP contribution in [-0.4, -0.2) is 86.0 Å². The number of benzene rings is 1. The second-order valence-corrected chi connectivity index (χ2v) is 8.98. The topological polar surface area (TPSA) is 62.3 Å². The Hall–Kier alpha value is -2.28. The van der Waals surface area contributed by atoms with Gasteiger partial charge in [-0.2, -0.15) is 0 Å². The molecule has 1 saturated carbocycles. The molecule has 7 heteroatoms. The summed E-state index contributed by atoms with van der Waals surface area (Å²) in [5.74, 6) is 1.44. The van der Waals surface area contributed by atoms with Crippen LogP contribution in [-0.2, 0) is 16.0 Å². The van der Waals surface area contributed by atoms with Crippen molar-refractivity contribution in [1.82, 2.24) is 14.7 Å². The third kappa shape index (κ3) is 4.97. The zero-order valence-electron chi connectivity index (χ0n) is 18.8. The van der Waals surface area contributed by atoms with Gasteiger partial charge in [-0.15, -0.1) is 0 Å². The van der Waals surface area contributed by atoms with Crippen LogP contribution in [0.4, 0.5) is 0 Å². The largest absolute Gasteiger partial charge is 0.493 e. The van der Waals surface area contributed by atoms with Crippen LogP contribution in [0.3, 0.4) is 0 Å². The van der Waals surface area contributed by atoms with Gasteiger partial charge in [0.05, 0.1) is 20.1 Å². The van der Waals surface area contributed by atoms with Crippen molar-refractivity contribution in [2.75, 3.05) is 53.5 Å². The molecule has 0 unspecified atom stereocenters. The van der Waals surface area contributed by atoms with E-state index in [0.29, 0.717) is 31.0 Å². The van der Waals surface area contributed by atoms with Gasteiger partial charge in [-0.1, -0.05) is 18.9 Å². The van der Waals surface area contributed by atoms with Gasteiger partial charge in [0.2, 0.25) is 11.8 Å². The minimum Gasteiger partial charge on any atom is -0.493 e. The van der Waals surface area contributed by atoms with Gasteiger partial charge < -0.3 is 19.3 Å². The molecular weight excluding hydrogens is 394 g/mol. The normalized spacial score (nSPS) is 22.9. The van der Waals surface area contributed by atoms with E-state index in [1.165, 1.54) is 25.7 Å². The van der Waals surface area contributed by atoms with Crippen molar-refractivity contribution in [2.45, 2.75) is 44.6 Å². The summed E-state index contributed by atoms with van der Waals surface area (Å²) in [5, 5.41) is 0. The van der Waals surface area contributed by atoms with Gasteiger partial charge in [0.25, 0.3) is 0 Å². The second kappa shape index (κ2) is 9.90. The Labute approximate surface area is 185 Å².